The number of piperazine rings is 1. The molecule has 1 amide bonds. The van der Waals surface area contributed by atoms with E-state index < -0.39 is 5.97 Å². The molecule has 1 aliphatic rings. The standard InChI is InChI=1S/C18H23N5O4/c1-4-26-15-13-10-20-18(23-8-6-22(7-9-23)12(3)24)21-16(13)19-11-14(15)17(25)27-5-2/h10-11H,4-9H2,1-3H3. The molecule has 9 heteroatoms. The smallest absolute Gasteiger partial charge is 0.343 e. The first kappa shape index (κ1) is 18.8. The van der Waals surface area contributed by atoms with Crippen LogP contribution in [0, 0.1) is 0 Å². The minimum absolute atomic E-state index is 0.0728. The van der Waals surface area contributed by atoms with E-state index >= 15 is 0 Å². The van der Waals surface area contributed by atoms with Crippen LogP contribution in [0.2, 0.25) is 0 Å². The lowest BCUT2D eigenvalue weighted by atomic mass is 10.2. The van der Waals surface area contributed by atoms with Crippen LogP contribution in [-0.4, -0.2) is 71.1 Å². The number of carbonyl (C=O) groups excluding carboxylic acids is 2. The van der Waals surface area contributed by atoms with Crippen LogP contribution >= 0.6 is 0 Å². The van der Waals surface area contributed by atoms with Gasteiger partial charge in [-0.3, -0.25) is 4.79 Å². The van der Waals surface area contributed by atoms with Crippen molar-refractivity contribution in [3.05, 3.63) is 18.0 Å². The molecule has 0 radical (unpaired) electrons. The summed E-state index contributed by atoms with van der Waals surface area (Å²) in [7, 11) is 0. The summed E-state index contributed by atoms with van der Waals surface area (Å²) in [6, 6.07) is 0. The predicted octanol–water partition coefficient (Wildman–Crippen LogP) is 1.27. The summed E-state index contributed by atoms with van der Waals surface area (Å²) in [6.07, 6.45) is 3.05. The molecular formula is C18H23N5O4. The molecule has 144 valence electrons. The van der Waals surface area contributed by atoms with Crippen LogP contribution < -0.4 is 9.64 Å². The number of ether oxygens (including phenoxy) is 2. The van der Waals surface area contributed by atoms with Gasteiger partial charge in [0, 0.05) is 45.5 Å². The van der Waals surface area contributed by atoms with Gasteiger partial charge in [0.25, 0.3) is 0 Å². The minimum Gasteiger partial charge on any atom is -0.492 e. The van der Waals surface area contributed by atoms with E-state index in [1.807, 2.05) is 11.8 Å². The summed E-state index contributed by atoms with van der Waals surface area (Å²) in [4.78, 5) is 40.7. The quantitative estimate of drug-likeness (QED) is 0.723. The molecule has 0 N–H and O–H groups in total. The number of amides is 1. The van der Waals surface area contributed by atoms with Crippen LogP contribution in [0.25, 0.3) is 11.0 Å². The third-order valence-electron chi connectivity index (χ3n) is 4.35. The summed E-state index contributed by atoms with van der Waals surface area (Å²) >= 11 is 0. The topological polar surface area (TPSA) is 97.8 Å². The lowest BCUT2D eigenvalue weighted by molar-refractivity contribution is -0.129. The molecule has 27 heavy (non-hydrogen) atoms. The Labute approximate surface area is 157 Å². The van der Waals surface area contributed by atoms with Gasteiger partial charge in [0.15, 0.2) is 5.65 Å². The molecule has 3 heterocycles. The molecule has 1 aliphatic heterocycles. The Morgan fingerprint density at radius 2 is 1.81 bits per heavy atom. The molecule has 2 aromatic rings. The molecule has 3 rings (SSSR count). The van der Waals surface area contributed by atoms with Gasteiger partial charge in [-0.1, -0.05) is 0 Å². The van der Waals surface area contributed by atoms with Crippen molar-refractivity contribution in [3.8, 4) is 5.75 Å². The fourth-order valence-electron chi connectivity index (χ4n) is 2.98. The molecule has 9 nitrogen and oxygen atoms in total. The summed E-state index contributed by atoms with van der Waals surface area (Å²) < 4.78 is 10.7. The molecule has 0 unspecified atom stereocenters. The normalized spacial score (nSPS) is 14.3. The van der Waals surface area contributed by atoms with Gasteiger partial charge in [-0.05, 0) is 13.8 Å². The molecule has 0 bridgehead atoms. The van der Waals surface area contributed by atoms with Gasteiger partial charge >= 0.3 is 5.97 Å². The van der Waals surface area contributed by atoms with Gasteiger partial charge in [0.2, 0.25) is 11.9 Å². The molecule has 0 spiro atoms. The summed E-state index contributed by atoms with van der Waals surface area (Å²) in [5, 5.41) is 0.563. The predicted molar refractivity (Wildman–Crippen MR) is 98.9 cm³/mol. The maximum atomic E-state index is 12.2. The number of carbonyl (C=O) groups is 2. The number of hydrogen-bond acceptors (Lipinski definition) is 8. The number of pyridine rings is 1. The number of esters is 1. The highest BCUT2D eigenvalue weighted by Gasteiger charge is 2.23. The Balaban J connectivity index is 1.91. The van der Waals surface area contributed by atoms with Gasteiger partial charge in [0.05, 0.1) is 18.6 Å². The maximum Gasteiger partial charge on any atom is 0.343 e. The molecule has 2 aromatic heterocycles. The Hall–Kier alpha value is -2.97. The first-order valence-corrected chi connectivity index (χ1v) is 9.01. The van der Waals surface area contributed by atoms with E-state index in [2.05, 4.69) is 15.0 Å². The third kappa shape index (κ3) is 3.91. The number of rotatable bonds is 5. The van der Waals surface area contributed by atoms with E-state index in [1.54, 1.807) is 24.9 Å². The highest BCUT2D eigenvalue weighted by atomic mass is 16.5. The molecule has 0 aliphatic carbocycles. The second kappa shape index (κ2) is 8.15. The molecular weight excluding hydrogens is 350 g/mol. The molecule has 0 atom stereocenters. The second-order valence-corrected chi connectivity index (χ2v) is 6.05. The molecule has 0 aromatic carbocycles. The van der Waals surface area contributed by atoms with E-state index in [0.29, 0.717) is 55.5 Å². The first-order valence-electron chi connectivity index (χ1n) is 9.01. The van der Waals surface area contributed by atoms with E-state index in [-0.39, 0.29) is 18.1 Å². The number of fused-ring (bicyclic) bond motifs is 1. The van der Waals surface area contributed by atoms with Crippen LogP contribution in [-0.2, 0) is 9.53 Å². The van der Waals surface area contributed by atoms with Crippen LogP contribution in [0.5, 0.6) is 5.75 Å². The number of aromatic nitrogens is 3. The van der Waals surface area contributed by atoms with Gasteiger partial charge < -0.3 is 19.3 Å². The van der Waals surface area contributed by atoms with Crippen molar-refractivity contribution < 1.29 is 19.1 Å². The highest BCUT2D eigenvalue weighted by molar-refractivity contribution is 5.98. The van der Waals surface area contributed by atoms with E-state index in [9.17, 15) is 9.59 Å². The van der Waals surface area contributed by atoms with E-state index in [0.717, 1.165) is 0 Å². The highest BCUT2D eigenvalue weighted by Crippen LogP contribution is 2.29. The first-order chi connectivity index (χ1) is 13.0. The lowest BCUT2D eigenvalue weighted by Gasteiger charge is -2.34. The number of anilines is 1. The Morgan fingerprint density at radius 1 is 1.07 bits per heavy atom. The second-order valence-electron chi connectivity index (χ2n) is 6.05. The van der Waals surface area contributed by atoms with E-state index in [4.69, 9.17) is 9.47 Å². The van der Waals surface area contributed by atoms with Gasteiger partial charge in [-0.25, -0.2) is 14.8 Å². The SMILES string of the molecule is CCOC(=O)c1cnc2nc(N3CCN(C(C)=O)CC3)ncc2c1OCC. The lowest BCUT2D eigenvalue weighted by Crippen LogP contribution is -2.48. The van der Waals surface area contributed by atoms with Gasteiger partial charge in [-0.15, -0.1) is 0 Å². The van der Waals surface area contributed by atoms with Gasteiger partial charge in [0.1, 0.15) is 11.3 Å². The van der Waals surface area contributed by atoms with E-state index in [1.165, 1.54) is 6.20 Å². The van der Waals surface area contributed by atoms with Crippen molar-refractivity contribution in [2.24, 2.45) is 0 Å². The molecule has 1 saturated heterocycles. The molecule has 1 fully saturated rings. The minimum atomic E-state index is -0.486. The van der Waals surface area contributed by atoms with Crippen LogP contribution in [0.1, 0.15) is 31.1 Å². The third-order valence-corrected chi connectivity index (χ3v) is 4.35. The fourth-order valence-corrected chi connectivity index (χ4v) is 2.98. The number of nitrogens with zero attached hydrogens (tertiary/aromatic N) is 5. The maximum absolute atomic E-state index is 12.2. The van der Waals surface area contributed by atoms with Crippen molar-refractivity contribution >= 4 is 28.9 Å². The zero-order valence-corrected chi connectivity index (χ0v) is 15.8. The zero-order chi connectivity index (χ0) is 19.4. The Bertz CT molecular complexity index is 849. The average Bonchev–Trinajstić information content (AvgIpc) is 2.68. The monoisotopic (exact) mass is 373 g/mol. The van der Waals surface area contributed by atoms with Crippen molar-refractivity contribution in [3.63, 3.8) is 0 Å². The molecule has 0 saturated carbocycles. The summed E-state index contributed by atoms with van der Waals surface area (Å²) in [5.41, 5.74) is 0.711. The van der Waals surface area contributed by atoms with Crippen molar-refractivity contribution in [2.75, 3.05) is 44.3 Å². The Morgan fingerprint density at radius 3 is 2.44 bits per heavy atom. The van der Waals surface area contributed by atoms with Crippen LogP contribution in [0.4, 0.5) is 5.95 Å². The Kier molecular flexibility index (Phi) is 5.68. The fraction of sp³-hybridized carbons (Fsp3) is 0.500. The summed E-state index contributed by atoms with van der Waals surface area (Å²) in [5.74, 6) is 0.516. The van der Waals surface area contributed by atoms with Crippen LogP contribution in [0.15, 0.2) is 12.4 Å². The average molecular weight is 373 g/mol. The summed E-state index contributed by atoms with van der Waals surface area (Å²) in [6.45, 7) is 8.40. The van der Waals surface area contributed by atoms with Crippen molar-refractivity contribution in [1.29, 1.82) is 0 Å². The number of hydrogen-bond donors (Lipinski definition) is 0. The van der Waals surface area contributed by atoms with Crippen molar-refractivity contribution in [2.45, 2.75) is 20.8 Å². The largest absolute Gasteiger partial charge is 0.492 e. The van der Waals surface area contributed by atoms with Crippen molar-refractivity contribution in [1.82, 2.24) is 19.9 Å². The van der Waals surface area contributed by atoms with Gasteiger partial charge in [-0.2, -0.15) is 4.98 Å². The van der Waals surface area contributed by atoms with Crippen LogP contribution in [0.3, 0.4) is 0 Å². The zero-order valence-electron chi connectivity index (χ0n) is 15.8.